The van der Waals surface area contributed by atoms with Gasteiger partial charge in [0.1, 0.15) is 17.1 Å². The number of ether oxygens (including phenoxy) is 1. The van der Waals surface area contributed by atoms with E-state index in [4.69, 9.17) is 4.74 Å². The fourth-order valence-corrected chi connectivity index (χ4v) is 4.06. The van der Waals surface area contributed by atoms with Crippen molar-refractivity contribution in [3.63, 3.8) is 0 Å². The van der Waals surface area contributed by atoms with E-state index < -0.39 is 0 Å². The molecule has 7 heteroatoms. The maximum absolute atomic E-state index is 12.6. The first kappa shape index (κ1) is 18.7. The van der Waals surface area contributed by atoms with Crippen LogP contribution in [-0.2, 0) is 4.79 Å². The Bertz CT molecular complexity index is 1180. The molecule has 1 fully saturated rings. The highest BCUT2D eigenvalue weighted by Crippen LogP contribution is 2.35. The predicted molar refractivity (Wildman–Crippen MR) is 116 cm³/mol. The minimum absolute atomic E-state index is 0.00624. The molecule has 1 amide bonds. The van der Waals surface area contributed by atoms with Gasteiger partial charge in [0, 0.05) is 53.4 Å². The highest BCUT2D eigenvalue weighted by atomic mass is 16.5. The minimum atomic E-state index is 0.00624. The molecule has 30 heavy (non-hydrogen) atoms. The number of nitrogens with one attached hydrogen (secondary N) is 2. The maximum Gasteiger partial charge on any atom is 0.238 e. The third-order valence-electron chi connectivity index (χ3n) is 5.62. The average molecular weight is 401 g/mol. The second kappa shape index (κ2) is 7.85. The summed E-state index contributed by atoms with van der Waals surface area (Å²) in [5, 5.41) is 17.2. The van der Waals surface area contributed by atoms with Crippen LogP contribution >= 0.6 is 0 Å². The number of fused-ring (bicyclic) bond motifs is 2. The Morgan fingerprint density at radius 1 is 1.10 bits per heavy atom. The monoisotopic (exact) mass is 401 g/mol. The molecule has 0 aromatic heterocycles. The van der Waals surface area contributed by atoms with Crippen LogP contribution < -0.4 is 25.8 Å². The number of anilines is 1. The number of rotatable bonds is 5. The van der Waals surface area contributed by atoms with E-state index >= 15 is 0 Å². The summed E-state index contributed by atoms with van der Waals surface area (Å²) in [6.45, 7) is 4.04. The first-order chi connectivity index (χ1) is 14.7. The number of nitrogens with zero attached hydrogens (tertiary/aromatic N) is 3. The molecule has 1 saturated heterocycles. The summed E-state index contributed by atoms with van der Waals surface area (Å²) in [6.07, 6.45) is 2.07. The molecular weight excluding hydrogens is 378 g/mol. The van der Waals surface area contributed by atoms with Crippen molar-refractivity contribution < 1.29 is 9.53 Å². The quantitative estimate of drug-likeness (QED) is 0.792. The lowest BCUT2D eigenvalue weighted by molar-refractivity contribution is -0.117. The summed E-state index contributed by atoms with van der Waals surface area (Å²) in [5.74, 6) is 0.809. The van der Waals surface area contributed by atoms with Crippen molar-refractivity contribution in [3.05, 3.63) is 64.0 Å². The maximum atomic E-state index is 12.6. The molecule has 0 unspecified atom stereocenters. The van der Waals surface area contributed by atoms with Crippen molar-refractivity contribution in [2.24, 2.45) is 10.2 Å². The van der Waals surface area contributed by atoms with Gasteiger partial charge >= 0.3 is 0 Å². The van der Waals surface area contributed by atoms with Gasteiger partial charge in [-0.2, -0.15) is 0 Å². The third-order valence-corrected chi connectivity index (χ3v) is 5.62. The molecule has 2 heterocycles. The van der Waals surface area contributed by atoms with Crippen molar-refractivity contribution in [2.45, 2.75) is 0 Å². The molecule has 2 N–H and O–H groups in total. The van der Waals surface area contributed by atoms with Gasteiger partial charge in [-0.3, -0.25) is 9.69 Å². The minimum Gasteiger partial charge on any atom is -0.497 e. The van der Waals surface area contributed by atoms with E-state index in [9.17, 15) is 4.79 Å². The Hall–Kier alpha value is -3.29. The van der Waals surface area contributed by atoms with Gasteiger partial charge in [0.05, 0.1) is 13.7 Å². The Labute approximate surface area is 174 Å². The lowest BCUT2D eigenvalue weighted by Crippen LogP contribution is -2.46. The summed E-state index contributed by atoms with van der Waals surface area (Å²) in [5.41, 5.74) is 4.47. The zero-order valence-corrected chi connectivity index (χ0v) is 16.8. The van der Waals surface area contributed by atoms with E-state index in [0.717, 1.165) is 70.6 Å². The molecule has 2 aromatic rings. The van der Waals surface area contributed by atoms with Crippen LogP contribution in [0.3, 0.4) is 0 Å². The first-order valence-electron chi connectivity index (χ1n) is 10.1. The van der Waals surface area contributed by atoms with E-state index in [0.29, 0.717) is 6.54 Å². The number of azo groups is 1. The molecule has 1 aliphatic carbocycles. The topological polar surface area (TPSA) is 78.3 Å². The largest absolute Gasteiger partial charge is 0.497 e. The molecule has 3 aliphatic rings. The Balaban J connectivity index is 1.45. The summed E-state index contributed by atoms with van der Waals surface area (Å²) in [4.78, 5) is 14.8. The normalized spacial score (nSPS) is 17.6. The number of hydrogen-bond acceptors (Lipinski definition) is 6. The molecule has 7 nitrogen and oxygen atoms in total. The molecule has 5 rings (SSSR count). The molecule has 0 saturated carbocycles. The summed E-state index contributed by atoms with van der Waals surface area (Å²) in [6, 6.07) is 13.7. The van der Waals surface area contributed by atoms with Crippen LogP contribution in [-0.4, -0.2) is 50.6 Å². The van der Waals surface area contributed by atoms with E-state index in [1.807, 2.05) is 42.5 Å². The second-order valence-corrected chi connectivity index (χ2v) is 7.52. The van der Waals surface area contributed by atoms with Crippen molar-refractivity contribution in [3.8, 4) is 5.75 Å². The summed E-state index contributed by atoms with van der Waals surface area (Å²) >= 11 is 0. The van der Waals surface area contributed by atoms with Gasteiger partial charge < -0.3 is 15.4 Å². The average Bonchev–Trinajstić information content (AvgIpc) is 3.35. The predicted octanol–water partition coefficient (Wildman–Crippen LogP) is 1.32. The van der Waals surface area contributed by atoms with Crippen LogP contribution in [0.5, 0.6) is 5.75 Å². The fraction of sp³-hybridized carbons (Fsp3) is 0.261. The molecule has 0 spiro atoms. The van der Waals surface area contributed by atoms with Gasteiger partial charge in [0.15, 0.2) is 0 Å². The van der Waals surface area contributed by atoms with Gasteiger partial charge in [0.2, 0.25) is 5.91 Å². The van der Waals surface area contributed by atoms with Crippen molar-refractivity contribution in [2.75, 3.05) is 45.2 Å². The standard InChI is InChI=1S/C23H23N5O2/c1-30-16-7-5-15(6-8-16)22-19-13-18-17(23(19)27-26-22)3-2-4-20(18)25-21(29)14-28-11-9-24-10-12-28/h2-8,13,24H,9-12,14H2,1H3,(H,25,29). The van der Waals surface area contributed by atoms with Crippen LogP contribution in [0.25, 0.3) is 17.5 Å². The van der Waals surface area contributed by atoms with Crippen molar-refractivity contribution in [1.29, 1.82) is 0 Å². The van der Waals surface area contributed by atoms with Gasteiger partial charge in [-0.15, -0.1) is 10.2 Å². The van der Waals surface area contributed by atoms with Crippen LogP contribution in [0.15, 0.2) is 58.3 Å². The zero-order chi connectivity index (χ0) is 20.5. The molecular formula is C23H23N5O2. The second-order valence-electron chi connectivity index (χ2n) is 7.52. The SMILES string of the molecule is COc1ccc(C2=C3C=c4c(NC(=O)CN5CCNCC5)cccc4=C3N=N2)cc1. The lowest BCUT2D eigenvalue weighted by atomic mass is 10.1. The Kier molecular flexibility index (Phi) is 4.90. The van der Waals surface area contributed by atoms with Crippen LogP contribution in [0.1, 0.15) is 5.56 Å². The van der Waals surface area contributed by atoms with Crippen molar-refractivity contribution >= 4 is 29.1 Å². The molecule has 0 bridgehead atoms. The molecule has 2 aliphatic heterocycles. The smallest absolute Gasteiger partial charge is 0.238 e. The number of carbonyl (C=O) groups excluding carboxylic acids is 1. The van der Waals surface area contributed by atoms with Gasteiger partial charge in [0.25, 0.3) is 0 Å². The summed E-state index contributed by atoms with van der Waals surface area (Å²) in [7, 11) is 1.65. The highest BCUT2D eigenvalue weighted by molar-refractivity contribution is 5.98. The number of carbonyl (C=O) groups is 1. The zero-order valence-electron chi connectivity index (χ0n) is 16.8. The number of amides is 1. The van der Waals surface area contributed by atoms with Gasteiger partial charge in [-0.25, -0.2) is 0 Å². The van der Waals surface area contributed by atoms with Gasteiger partial charge in [-0.1, -0.05) is 12.1 Å². The van der Waals surface area contributed by atoms with Crippen LogP contribution in [0, 0.1) is 0 Å². The number of benzene rings is 2. The molecule has 2 aromatic carbocycles. The van der Waals surface area contributed by atoms with E-state index in [-0.39, 0.29) is 5.91 Å². The Morgan fingerprint density at radius 3 is 2.63 bits per heavy atom. The number of methoxy groups -OCH3 is 1. The van der Waals surface area contributed by atoms with Gasteiger partial charge in [-0.05, 0) is 36.4 Å². The number of hydrogen-bond donors (Lipinski definition) is 2. The van der Waals surface area contributed by atoms with E-state index in [1.54, 1.807) is 7.11 Å². The summed E-state index contributed by atoms with van der Waals surface area (Å²) < 4.78 is 5.25. The highest BCUT2D eigenvalue weighted by Gasteiger charge is 2.23. The molecule has 0 radical (unpaired) electrons. The third kappa shape index (κ3) is 3.42. The van der Waals surface area contributed by atoms with E-state index in [1.165, 1.54) is 0 Å². The van der Waals surface area contributed by atoms with Crippen LogP contribution in [0.2, 0.25) is 0 Å². The molecule has 0 atom stereocenters. The fourth-order valence-electron chi connectivity index (χ4n) is 4.06. The van der Waals surface area contributed by atoms with Crippen LogP contribution in [0.4, 0.5) is 5.69 Å². The Morgan fingerprint density at radius 2 is 1.87 bits per heavy atom. The van der Waals surface area contributed by atoms with E-state index in [2.05, 4.69) is 31.8 Å². The first-order valence-corrected chi connectivity index (χ1v) is 10.1. The number of piperazine rings is 1. The van der Waals surface area contributed by atoms with Crippen molar-refractivity contribution in [1.82, 2.24) is 10.2 Å². The molecule has 152 valence electrons. The lowest BCUT2D eigenvalue weighted by Gasteiger charge is -2.26.